The molecule has 0 saturated carbocycles. The van der Waals surface area contributed by atoms with Gasteiger partial charge in [0.1, 0.15) is 0 Å². The average molecular weight is 579 g/mol. The van der Waals surface area contributed by atoms with E-state index in [1.54, 1.807) is 18.2 Å². The highest BCUT2D eigenvalue weighted by molar-refractivity contribution is 14.1. The van der Waals surface area contributed by atoms with Crippen LogP contribution in [0, 0.1) is 3.57 Å². The van der Waals surface area contributed by atoms with Crippen LogP contribution < -0.4 is 10.2 Å². The van der Waals surface area contributed by atoms with Gasteiger partial charge in [-0.3, -0.25) is 14.6 Å². The number of benzene rings is 2. The quantitative estimate of drug-likeness (QED) is 0.236. The van der Waals surface area contributed by atoms with Gasteiger partial charge >= 0.3 is 5.97 Å². The van der Waals surface area contributed by atoms with Crippen molar-refractivity contribution in [2.75, 3.05) is 5.32 Å². The lowest BCUT2D eigenvalue weighted by molar-refractivity contribution is -0.211. The van der Waals surface area contributed by atoms with Gasteiger partial charge in [0.2, 0.25) is 5.75 Å². The molecular weight excluding hydrogens is 569 g/mol. The fourth-order valence-electron chi connectivity index (χ4n) is 2.31. The molecule has 0 spiro atoms. The molecule has 0 saturated heterocycles. The van der Waals surface area contributed by atoms with Crippen molar-refractivity contribution < 1.29 is 19.4 Å². The average Bonchev–Trinajstić information content (AvgIpc) is 2.82. The molecule has 1 amide bonds. The van der Waals surface area contributed by atoms with Gasteiger partial charge < -0.3 is 5.32 Å². The van der Waals surface area contributed by atoms with Crippen LogP contribution in [0.25, 0.3) is 11.6 Å². The number of carbonyl (C=O) groups excluding carboxylic acids is 2. The van der Waals surface area contributed by atoms with Crippen LogP contribution in [0.3, 0.4) is 0 Å². The lowest BCUT2D eigenvalue weighted by Gasteiger charge is -2.08. The van der Waals surface area contributed by atoms with Gasteiger partial charge in [-0.05, 0) is 96.4 Å². The third-order valence-corrected chi connectivity index (χ3v) is 5.19. The van der Waals surface area contributed by atoms with E-state index in [0.717, 1.165) is 20.4 Å². The first-order valence-electron chi connectivity index (χ1n) is 7.02. The smallest absolute Gasteiger partial charge is 0.321 e. The summed E-state index contributed by atoms with van der Waals surface area (Å²) in [6, 6.07) is 9.34. The second-order valence-corrected chi connectivity index (χ2v) is 8.13. The zero-order valence-corrected chi connectivity index (χ0v) is 18.1. The van der Waals surface area contributed by atoms with E-state index >= 15 is 0 Å². The summed E-state index contributed by atoms with van der Waals surface area (Å²) in [5.74, 6) is -0.369. The molecule has 1 aliphatic heterocycles. The highest BCUT2D eigenvalue weighted by Crippen LogP contribution is 2.38. The maximum atomic E-state index is 12.3. The molecular formula is C17H10Br2INO4. The Balaban J connectivity index is 1.98. The van der Waals surface area contributed by atoms with E-state index in [9.17, 15) is 9.59 Å². The molecule has 1 heterocycles. The molecule has 1 N–H and O–H groups in total. The van der Waals surface area contributed by atoms with Gasteiger partial charge in [-0.2, -0.15) is 0 Å². The topological polar surface area (TPSA) is 64.6 Å². The highest BCUT2D eigenvalue weighted by Gasteiger charge is 2.24. The zero-order chi connectivity index (χ0) is 18.1. The van der Waals surface area contributed by atoms with Gasteiger partial charge in [0, 0.05) is 27.3 Å². The number of hydrogen-bond acceptors (Lipinski definition) is 4. The molecule has 1 aliphatic rings. The van der Waals surface area contributed by atoms with Crippen LogP contribution in [0.4, 0.5) is 5.69 Å². The first-order valence-corrected chi connectivity index (χ1v) is 9.68. The normalized spacial score (nSPS) is 14.2. The molecule has 25 heavy (non-hydrogen) atoms. The number of anilines is 1. The van der Waals surface area contributed by atoms with Crippen LogP contribution in [0.1, 0.15) is 18.1 Å². The Kier molecular flexibility index (Phi) is 5.49. The predicted molar refractivity (Wildman–Crippen MR) is 110 cm³/mol. The molecule has 0 radical (unpaired) electrons. The number of carbonyl (C=O) groups is 2. The SMILES string of the molecule is CC(=O)OOc1c(Br)cc(C=C2C(=O)Nc3ccc(I)cc32)cc1Br. The Bertz CT molecular complexity index is 904. The molecule has 5 nitrogen and oxygen atoms in total. The highest BCUT2D eigenvalue weighted by atomic mass is 127. The molecule has 0 aromatic heterocycles. The van der Waals surface area contributed by atoms with Crippen molar-refractivity contribution in [1.82, 2.24) is 0 Å². The molecule has 128 valence electrons. The van der Waals surface area contributed by atoms with Crippen molar-refractivity contribution >= 4 is 83.7 Å². The summed E-state index contributed by atoms with van der Waals surface area (Å²) in [5, 5.41) is 2.85. The third-order valence-electron chi connectivity index (χ3n) is 3.34. The number of hydrogen-bond donors (Lipinski definition) is 1. The Morgan fingerprint density at radius 1 is 1.20 bits per heavy atom. The maximum absolute atomic E-state index is 12.3. The first-order chi connectivity index (χ1) is 11.8. The summed E-state index contributed by atoms with van der Waals surface area (Å²) >= 11 is 8.97. The zero-order valence-electron chi connectivity index (χ0n) is 12.7. The second kappa shape index (κ2) is 7.46. The number of rotatable bonds is 3. The van der Waals surface area contributed by atoms with Crippen molar-refractivity contribution in [3.05, 3.63) is 54.0 Å². The fourth-order valence-corrected chi connectivity index (χ4v) is 4.16. The Hall–Kier alpha value is -1.39. The first kappa shape index (κ1) is 18.4. The minimum Gasteiger partial charge on any atom is -0.321 e. The second-order valence-electron chi connectivity index (χ2n) is 5.17. The molecule has 0 fully saturated rings. The largest absolute Gasteiger partial charge is 0.352 e. The van der Waals surface area contributed by atoms with Gasteiger partial charge in [0.05, 0.1) is 8.95 Å². The van der Waals surface area contributed by atoms with Crippen molar-refractivity contribution in [2.24, 2.45) is 0 Å². The van der Waals surface area contributed by atoms with Crippen molar-refractivity contribution in [3.63, 3.8) is 0 Å². The van der Waals surface area contributed by atoms with E-state index < -0.39 is 5.97 Å². The summed E-state index contributed by atoms with van der Waals surface area (Å²) in [5.41, 5.74) is 3.03. The lowest BCUT2D eigenvalue weighted by Crippen LogP contribution is -2.04. The standard InChI is InChI=1S/C17H10Br2INO4/c1-8(22)24-25-16-13(18)5-9(6-14(16)19)4-12-11-7-10(20)2-3-15(11)21-17(12)23/h2-7H,1H3,(H,21,23). The minimum atomic E-state index is -0.557. The Morgan fingerprint density at radius 2 is 1.88 bits per heavy atom. The summed E-state index contributed by atoms with van der Waals surface area (Å²) in [7, 11) is 0. The van der Waals surface area contributed by atoms with Crippen molar-refractivity contribution in [2.45, 2.75) is 6.92 Å². The molecule has 2 aromatic rings. The summed E-state index contributed by atoms with van der Waals surface area (Å²) in [6.45, 7) is 1.25. The lowest BCUT2D eigenvalue weighted by atomic mass is 10.0. The van der Waals surface area contributed by atoms with E-state index in [0.29, 0.717) is 20.3 Å². The van der Waals surface area contributed by atoms with E-state index in [4.69, 9.17) is 4.89 Å². The maximum Gasteiger partial charge on any atom is 0.352 e. The molecule has 8 heteroatoms. The third kappa shape index (κ3) is 4.06. The van der Waals surface area contributed by atoms with Crippen molar-refractivity contribution in [1.29, 1.82) is 0 Å². The molecule has 0 unspecified atom stereocenters. The minimum absolute atomic E-state index is 0.149. The van der Waals surface area contributed by atoms with Crippen LogP contribution >= 0.6 is 54.5 Å². The van der Waals surface area contributed by atoms with E-state index in [1.165, 1.54) is 6.92 Å². The van der Waals surface area contributed by atoms with Crippen LogP contribution in [0.2, 0.25) is 0 Å². The van der Waals surface area contributed by atoms with Crippen LogP contribution in [0.5, 0.6) is 5.75 Å². The fraction of sp³-hybridized carbons (Fsp3) is 0.0588. The Labute approximate surface area is 174 Å². The molecule has 3 rings (SSSR count). The summed E-state index contributed by atoms with van der Waals surface area (Å²) in [6.07, 6.45) is 1.79. The van der Waals surface area contributed by atoms with Gasteiger partial charge in [-0.1, -0.05) is 0 Å². The molecule has 0 aliphatic carbocycles. The number of halogens is 3. The molecule has 0 bridgehead atoms. The van der Waals surface area contributed by atoms with E-state index in [1.807, 2.05) is 18.2 Å². The van der Waals surface area contributed by atoms with Crippen LogP contribution in [0.15, 0.2) is 39.3 Å². The van der Waals surface area contributed by atoms with Crippen LogP contribution in [-0.4, -0.2) is 11.9 Å². The monoisotopic (exact) mass is 577 g/mol. The van der Waals surface area contributed by atoms with Gasteiger partial charge in [-0.25, -0.2) is 4.79 Å². The summed E-state index contributed by atoms with van der Waals surface area (Å²) in [4.78, 5) is 32.7. The van der Waals surface area contributed by atoms with Gasteiger partial charge in [0.25, 0.3) is 5.91 Å². The van der Waals surface area contributed by atoms with E-state index in [-0.39, 0.29) is 5.91 Å². The van der Waals surface area contributed by atoms with E-state index in [2.05, 4.69) is 64.7 Å². The van der Waals surface area contributed by atoms with Gasteiger partial charge in [0.15, 0.2) is 0 Å². The molecule has 2 aromatic carbocycles. The predicted octanol–water partition coefficient (Wildman–Crippen LogP) is 5.17. The summed E-state index contributed by atoms with van der Waals surface area (Å²) < 4.78 is 2.21. The Morgan fingerprint density at radius 3 is 2.52 bits per heavy atom. The number of amides is 1. The molecule has 0 atom stereocenters. The number of fused-ring (bicyclic) bond motifs is 1. The number of nitrogens with one attached hydrogen (secondary N) is 1. The van der Waals surface area contributed by atoms with Gasteiger partial charge in [-0.15, -0.1) is 0 Å². The van der Waals surface area contributed by atoms with Crippen molar-refractivity contribution in [3.8, 4) is 5.75 Å². The van der Waals surface area contributed by atoms with Crippen LogP contribution in [-0.2, 0) is 14.5 Å².